The van der Waals surface area contributed by atoms with E-state index in [2.05, 4.69) is 15.4 Å². The lowest BCUT2D eigenvalue weighted by molar-refractivity contribution is -0.138. The molecule has 3 aliphatic heterocycles. The third kappa shape index (κ3) is 4.18. The van der Waals surface area contributed by atoms with Gasteiger partial charge in [-0.2, -0.15) is 0 Å². The molecule has 0 aromatic heterocycles. The molecule has 0 unspecified atom stereocenters. The van der Waals surface area contributed by atoms with Crippen molar-refractivity contribution in [2.45, 2.75) is 25.4 Å². The first-order chi connectivity index (χ1) is 10.7. The summed E-state index contributed by atoms with van der Waals surface area (Å²) < 4.78 is 0. The minimum absolute atomic E-state index is 0.150. The van der Waals surface area contributed by atoms with Gasteiger partial charge in [-0.3, -0.25) is 14.6 Å². The number of aliphatic carboxylic acids is 1. The van der Waals surface area contributed by atoms with Crippen molar-refractivity contribution in [3.63, 3.8) is 0 Å². The Kier molecular flexibility index (Phi) is 5.28. The van der Waals surface area contributed by atoms with E-state index in [-0.39, 0.29) is 12.6 Å². The van der Waals surface area contributed by atoms with Gasteiger partial charge in [0.15, 0.2) is 0 Å². The van der Waals surface area contributed by atoms with E-state index in [1.54, 1.807) is 0 Å². The summed E-state index contributed by atoms with van der Waals surface area (Å²) in [6, 6.07) is 0. The summed E-state index contributed by atoms with van der Waals surface area (Å²) >= 11 is 0. The Morgan fingerprint density at radius 1 is 1.23 bits per heavy atom. The molecule has 0 aromatic rings. The Hall–Kier alpha value is -1.18. The molecule has 0 radical (unpaired) electrons. The average molecular weight is 310 g/mol. The van der Waals surface area contributed by atoms with Crippen LogP contribution in [0.15, 0.2) is 5.16 Å². The fourth-order valence-electron chi connectivity index (χ4n) is 3.55. The molecular formula is C15H26N4O3. The molecule has 0 amide bonds. The molecule has 2 fully saturated rings. The van der Waals surface area contributed by atoms with E-state index in [4.69, 9.17) is 9.94 Å². The highest BCUT2D eigenvalue weighted by molar-refractivity contribution is 5.87. The molecule has 0 aliphatic carbocycles. The van der Waals surface area contributed by atoms with Gasteiger partial charge in [0, 0.05) is 45.1 Å². The monoisotopic (exact) mass is 310 g/mol. The van der Waals surface area contributed by atoms with Crippen molar-refractivity contribution in [3.8, 4) is 0 Å². The lowest BCUT2D eigenvalue weighted by atomic mass is 9.90. The maximum atomic E-state index is 10.7. The molecule has 3 rings (SSSR count). The predicted octanol–water partition coefficient (Wildman–Crippen LogP) is -0.167. The second kappa shape index (κ2) is 7.39. The third-order valence-corrected chi connectivity index (χ3v) is 4.85. The van der Waals surface area contributed by atoms with Gasteiger partial charge in [0.25, 0.3) is 0 Å². The summed E-state index contributed by atoms with van der Waals surface area (Å²) in [6.45, 7) is 6.68. The zero-order chi connectivity index (χ0) is 15.4. The Bertz CT molecular complexity index is 415. The Balaban J connectivity index is 1.38. The highest BCUT2D eigenvalue weighted by Gasteiger charge is 2.30. The van der Waals surface area contributed by atoms with E-state index in [1.807, 2.05) is 4.90 Å². The van der Waals surface area contributed by atoms with Crippen LogP contribution < -0.4 is 5.32 Å². The third-order valence-electron chi connectivity index (χ3n) is 4.85. The molecular weight excluding hydrogens is 284 g/mol. The number of nitrogens with zero attached hydrogens (tertiary/aromatic N) is 3. The Labute approximate surface area is 131 Å². The topological polar surface area (TPSA) is 77.4 Å². The molecule has 0 spiro atoms. The van der Waals surface area contributed by atoms with Gasteiger partial charge in [0.2, 0.25) is 0 Å². The zero-order valence-electron chi connectivity index (χ0n) is 13.0. The van der Waals surface area contributed by atoms with Crippen LogP contribution in [0.3, 0.4) is 0 Å². The number of carbonyl (C=O) groups is 1. The molecule has 3 aliphatic rings. The molecule has 0 bridgehead atoms. The fourth-order valence-corrected chi connectivity index (χ4v) is 3.55. The fraction of sp³-hybridized carbons (Fsp3) is 0.867. The summed E-state index contributed by atoms with van der Waals surface area (Å²) in [5.41, 5.74) is 1.25. The maximum Gasteiger partial charge on any atom is 0.317 e. The highest BCUT2D eigenvalue weighted by Crippen LogP contribution is 2.23. The van der Waals surface area contributed by atoms with Crippen LogP contribution >= 0.6 is 0 Å². The minimum atomic E-state index is -0.743. The summed E-state index contributed by atoms with van der Waals surface area (Å²) in [7, 11) is 0. The number of hydrogen-bond donors (Lipinski definition) is 2. The van der Waals surface area contributed by atoms with Crippen LogP contribution in [0.4, 0.5) is 0 Å². The highest BCUT2D eigenvalue weighted by atomic mass is 16.6. The lowest BCUT2D eigenvalue weighted by Crippen LogP contribution is -2.49. The smallest absolute Gasteiger partial charge is 0.317 e. The molecule has 22 heavy (non-hydrogen) atoms. The SMILES string of the molecule is O=C(O)CN1CCN(C[C@@H]2CC(C3CCNCC3)=NO2)CC1. The van der Waals surface area contributed by atoms with Gasteiger partial charge in [0.05, 0.1) is 12.3 Å². The van der Waals surface area contributed by atoms with Crippen LogP contribution in [-0.4, -0.2) is 85.0 Å². The van der Waals surface area contributed by atoms with Crippen molar-refractivity contribution in [1.29, 1.82) is 0 Å². The van der Waals surface area contributed by atoms with Crippen LogP contribution in [0.2, 0.25) is 0 Å². The van der Waals surface area contributed by atoms with Gasteiger partial charge in [-0.1, -0.05) is 5.16 Å². The van der Waals surface area contributed by atoms with Gasteiger partial charge in [-0.25, -0.2) is 0 Å². The molecule has 1 atom stereocenters. The summed E-state index contributed by atoms with van der Waals surface area (Å²) in [5, 5.41) is 16.5. The first-order valence-corrected chi connectivity index (χ1v) is 8.30. The maximum absolute atomic E-state index is 10.7. The van der Waals surface area contributed by atoms with E-state index in [1.165, 1.54) is 18.6 Å². The van der Waals surface area contributed by atoms with Crippen LogP contribution in [0.1, 0.15) is 19.3 Å². The predicted molar refractivity (Wildman–Crippen MR) is 83.0 cm³/mol. The van der Waals surface area contributed by atoms with E-state index < -0.39 is 5.97 Å². The Morgan fingerprint density at radius 3 is 2.59 bits per heavy atom. The van der Waals surface area contributed by atoms with Crippen molar-refractivity contribution in [1.82, 2.24) is 15.1 Å². The standard InChI is InChI=1S/C15H26N4O3/c20-15(21)11-19-7-5-18(6-8-19)10-13-9-14(17-22-13)12-1-3-16-4-2-12/h12-13,16H,1-11H2,(H,20,21)/t13-/m0/s1. The largest absolute Gasteiger partial charge is 0.480 e. The van der Waals surface area contributed by atoms with E-state index >= 15 is 0 Å². The van der Waals surface area contributed by atoms with Crippen molar-refractivity contribution < 1.29 is 14.7 Å². The zero-order valence-corrected chi connectivity index (χ0v) is 13.0. The normalized spacial score (nSPS) is 28.4. The molecule has 3 heterocycles. The number of carboxylic acids is 1. The van der Waals surface area contributed by atoms with Gasteiger partial charge in [0.1, 0.15) is 6.10 Å². The molecule has 124 valence electrons. The number of rotatable bonds is 5. The van der Waals surface area contributed by atoms with Crippen molar-refractivity contribution in [2.75, 3.05) is 52.4 Å². The molecule has 7 heteroatoms. The molecule has 2 N–H and O–H groups in total. The number of oxime groups is 1. The van der Waals surface area contributed by atoms with E-state index in [0.717, 1.165) is 52.2 Å². The first-order valence-electron chi connectivity index (χ1n) is 8.30. The number of piperazine rings is 1. The van der Waals surface area contributed by atoms with Crippen LogP contribution in [0.25, 0.3) is 0 Å². The first kappa shape index (κ1) is 15.7. The second-order valence-corrected chi connectivity index (χ2v) is 6.51. The average Bonchev–Trinajstić information content (AvgIpc) is 2.98. The van der Waals surface area contributed by atoms with Crippen LogP contribution in [-0.2, 0) is 9.63 Å². The summed E-state index contributed by atoms with van der Waals surface area (Å²) in [6.07, 6.45) is 3.47. The second-order valence-electron chi connectivity index (χ2n) is 6.51. The molecule has 7 nitrogen and oxygen atoms in total. The van der Waals surface area contributed by atoms with Crippen molar-refractivity contribution >= 4 is 11.7 Å². The Morgan fingerprint density at radius 2 is 1.91 bits per heavy atom. The quantitative estimate of drug-likeness (QED) is 0.734. The molecule has 2 saturated heterocycles. The van der Waals surface area contributed by atoms with E-state index in [0.29, 0.717) is 5.92 Å². The van der Waals surface area contributed by atoms with Crippen molar-refractivity contribution in [2.24, 2.45) is 11.1 Å². The summed E-state index contributed by atoms with van der Waals surface area (Å²) in [4.78, 5) is 20.7. The van der Waals surface area contributed by atoms with Gasteiger partial charge >= 0.3 is 5.97 Å². The van der Waals surface area contributed by atoms with Crippen LogP contribution in [0, 0.1) is 5.92 Å². The van der Waals surface area contributed by atoms with Gasteiger partial charge in [-0.15, -0.1) is 0 Å². The molecule has 0 saturated carbocycles. The van der Waals surface area contributed by atoms with Gasteiger partial charge < -0.3 is 15.3 Å². The number of nitrogens with one attached hydrogen (secondary N) is 1. The number of carboxylic acid groups (broad SMARTS) is 1. The van der Waals surface area contributed by atoms with Gasteiger partial charge in [-0.05, 0) is 25.9 Å². The number of piperidine rings is 1. The van der Waals surface area contributed by atoms with Crippen LogP contribution in [0.5, 0.6) is 0 Å². The van der Waals surface area contributed by atoms with E-state index in [9.17, 15) is 4.79 Å². The molecule has 0 aromatic carbocycles. The minimum Gasteiger partial charge on any atom is -0.480 e. The number of hydrogen-bond acceptors (Lipinski definition) is 6. The lowest BCUT2D eigenvalue weighted by Gasteiger charge is -2.34. The van der Waals surface area contributed by atoms with Crippen molar-refractivity contribution in [3.05, 3.63) is 0 Å². The summed E-state index contributed by atoms with van der Waals surface area (Å²) in [5.74, 6) is -0.147.